The third-order valence-electron chi connectivity index (χ3n) is 3.98. The second kappa shape index (κ2) is 9.92. The van der Waals surface area contributed by atoms with Gasteiger partial charge in [0.25, 0.3) is 15.9 Å². The van der Waals surface area contributed by atoms with Crippen molar-refractivity contribution in [3.05, 3.63) is 78.4 Å². The molecule has 0 aliphatic heterocycles. The summed E-state index contributed by atoms with van der Waals surface area (Å²) in [7, 11) is -3.91. The molecule has 0 spiro atoms. The Kier molecular flexibility index (Phi) is 7.60. The van der Waals surface area contributed by atoms with Crippen molar-refractivity contribution in [2.75, 3.05) is 0 Å². The topological polar surface area (TPSA) is 54.5 Å². The lowest BCUT2D eigenvalue weighted by Crippen LogP contribution is -2.35. The fraction of sp³-hybridized carbons (Fsp3) is 0.286. The van der Waals surface area contributed by atoms with E-state index >= 15 is 0 Å². The Hall–Kier alpha value is -2.40. The number of allylic oxidation sites excluding steroid dienone is 1. The molecule has 0 aliphatic rings. The lowest BCUT2D eigenvalue weighted by molar-refractivity contribution is -0.122. The number of sulfonamides is 1. The van der Waals surface area contributed by atoms with E-state index in [-0.39, 0.29) is 11.4 Å². The Morgan fingerprint density at radius 3 is 2.19 bits per heavy atom. The molecule has 2 aromatic carbocycles. The van der Waals surface area contributed by atoms with Crippen molar-refractivity contribution in [1.29, 1.82) is 0 Å². The Morgan fingerprint density at radius 1 is 0.962 bits per heavy atom. The van der Waals surface area contributed by atoms with Crippen LogP contribution in [-0.2, 0) is 21.4 Å². The van der Waals surface area contributed by atoms with Crippen molar-refractivity contribution in [3.8, 4) is 0 Å². The summed E-state index contributed by atoms with van der Waals surface area (Å²) in [5, 5.41) is 0. The van der Waals surface area contributed by atoms with Gasteiger partial charge in [0.05, 0.1) is 11.4 Å². The summed E-state index contributed by atoms with van der Waals surface area (Å²) in [6, 6.07) is 17.2. The first kappa shape index (κ1) is 19.9. The van der Waals surface area contributed by atoms with Gasteiger partial charge in [0.2, 0.25) is 0 Å². The SMILES string of the molecule is CCCCC/C=C/C(=O)N(Cc1ccccc1)S(=O)(=O)c1ccccc1. The molecule has 2 rings (SSSR count). The predicted octanol–water partition coefficient (Wildman–Crippen LogP) is 4.54. The highest BCUT2D eigenvalue weighted by molar-refractivity contribution is 7.89. The van der Waals surface area contributed by atoms with E-state index in [1.165, 1.54) is 18.2 Å². The van der Waals surface area contributed by atoms with Crippen LogP contribution in [-0.4, -0.2) is 18.6 Å². The summed E-state index contributed by atoms with van der Waals surface area (Å²) < 4.78 is 26.9. The minimum absolute atomic E-state index is 0.0101. The van der Waals surface area contributed by atoms with Crippen LogP contribution in [0.25, 0.3) is 0 Å². The first-order valence-electron chi connectivity index (χ1n) is 8.88. The van der Waals surface area contributed by atoms with E-state index in [0.29, 0.717) is 0 Å². The lowest BCUT2D eigenvalue weighted by Gasteiger charge is -2.21. The average molecular weight is 372 g/mol. The molecule has 0 radical (unpaired) electrons. The average Bonchev–Trinajstić information content (AvgIpc) is 2.67. The smallest absolute Gasteiger partial charge is 0.267 e. The number of amides is 1. The molecule has 2 aromatic rings. The zero-order valence-electron chi connectivity index (χ0n) is 15.0. The minimum atomic E-state index is -3.91. The molecule has 0 atom stereocenters. The molecule has 0 heterocycles. The molecule has 0 saturated carbocycles. The Labute approximate surface area is 156 Å². The largest absolute Gasteiger partial charge is 0.269 e. The van der Waals surface area contributed by atoms with E-state index in [1.54, 1.807) is 24.3 Å². The van der Waals surface area contributed by atoms with Crippen LogP contribution in [0.5, 0.6) is 0 Å². The van der Waals surface area contributed by atoms with E-state index in [4.69, 9.17) is 0 Å². The quantitative estimate of drug-likeness (QED) is 0.480. The standard InChI is InChI=1S/C21H25NO3S/c1-2-3-4-5-12-17-21(23)22(18-19-13-8-6-9-14-19)26(24,25)20-15-10-7-11-16-20/h6-17H,2-5,18H2,1H3/b17-12+. The van der Waals surface area contributed by atoms with Crippen molar-refractivity contribution < 1.29 is 13.2 Å². The number of hydrogen-bond acceptors (Lipinski definition) is 3. The fourth-order valence-corrected chi connectivity index (χ4v) is 3.90. The molecule has 0 unspecified atom stereocenters. The Morgan fingerprint density at radius 2 is 1.58 bits per heavy atom. The summed E-state index contributed by atoms with van der Waals surface area (Å²) in [4.78, 5) is 12.8. The van der Waals surface area contributed by atoms with Crippen LogP contribution < -0.4 is 0 Å². The van der Waals surface area contributed by atoms with E-state index in [0.717, 1.165) is 35.6 Å². The van der Waals surface area contributed by atoms with Gasteiger partial charge in [-0.1, -0.05) is 74.4 Å². The maximum absolute atomic E-state index is 13.0. The molecule has 0 fully saturated rings. The summed E-state index contributed by atoms with van der Waals surface area (Å²) in [6.07, 6.45) is 7.09. The van der Waals surface area contributed by atoms with Gasteiger partial charge in [-0.25, -0.2) is 12.7 Å². The molecular formula is C21H25NO3S. The van der Waals surface area contributed by atoms with E-state index < -0.39 is 15.9 Å². The van der Waals surface area contributed by atoms with Gasteiger partial charge >= 0.3 is 0 Å². The maximum atomic E-state index is 13.0. The summed E-state index contributed by atoms with van der Waals surface area (Å²) in [5.74, 6) is -0.519. The van der Waals surface area contributed by atoms with Gasteiger partial charge in [0.15, 0.2) is 0 Å². The number of hydrogen-bond donors (Lipinski definition) is 0. The Balaban J connectivity index is 2.26. The molecule has 0 bridgehead atoms. The highest BCUT2D eigenvalue weighted by atomic mass is 32.2. The van der Waals surface area contributed by atoms with Gasteiger partial charge in [0, 0.05) is 6.08 Å². The van der Waals surface area contributed by atoms with Crippen LogP contribution in [0.1, 0.15) is 38.2 Å². The molecule has 26 heavy (non-hydrogen) atoms. The van der Waals surface area contributed by atoms with Crippen molar-refractivity contribution in [2.24, 2.45) is 0 Å². The summed E-state index contributed by atoms with van der Waals surface area (Å²) >= 11 is 0. The number of benzene rings is 2. The molecule has 138 valence electrons. The van der Waals surface area contributed by atoms with Crippen LogP contribution in [0.15, 0.2) is 77.7 Å². The Bertz CT molecular complexity index is 815. The van der Waals surface area contributed by atoms with Crippen LogP contribution in [0.2, 0.25) is 0 Å². The zero-order chi connectivity index (χ0) is 18.8. The van der Waals surface area contributed by atoms with E-state index in [1.807, 2.05) is 30.3 Å². The van der Waals surface area contributed by atoms with E-state index in [2.05, 4.69) is 6.92 Å². The highest BCUT2D eigenvalue weighted by Gasteiger charge is 2.27. The normalized spacial score (nSPS) is 11.6. The molecule has 0 N–H and O–H groups in total. The number of rotatable bonds is 9. The first-order chi connectivity index (χ1) is 12.6. The minimum Gasteiger partial charge on any atom is -0.269 e. The number of carbonyl (C=O) groups excluding carboxylic acids is 1. The number of nitrogens with zero attached hydrogens (tertiary/aromatic N) is 1. The molecule has 4 nitrogen and oxygen atoms in total. The van der Waals surface area contributed by atoms with Crippen molar-refractivity contribution in [3.63, 3.8) is 0 Å². The van der Waals surface area contributed by atoms with Crippen LogP contribution in [0, 0.1) is 0 Å². The van der Waals surface area contributed by atoms with Crippen molar-refractivity contribution >= 4 is 15.9 Å². The van der Waals surface area contributed by atoms with Crippen molar-refractivity contribution in [1.82, 2.24) is 4.31 Å². The molecular weight excluding hydrogens is 346 g/mol. The second-order valence-electron chi connectivity index (χ2n) is 6.05. The maximum Gasteiger partial charge on any atom is 0.267 e. The number of carbonyl (C=O) groups is 1. The fourth-order valence-electron chi connectivity index (χ4n) is 2.53. The number of unbranched alkanes of at least 4 members (excludes halogenated alkanes) is 3. The van der Waals surface area contributed by atoms with Gasteiger partial charge in [-0.3, -0.25) is 4.79 Å². The first-order valence-corrected chi connectivity index (χ1v) is 10.3. The summed E-state index contributed by atoms with van der Waals surface area (Å²) in [5.41, 5.74) is 0.764. The van der Waals surface area contributed by atoms with Crippen LogP contribution >= 0.6 is 0 Å². The third-order valence-corrected chi connectivity index (χ3v) is 5.74. The highest BCUT2D eigenvalue weighted by Crippen LogP contribution is 2.19. The second-order valence-corrected chi connectivity index (χ2v) is 7.91. The van der Waals surface area contributed by atoms with Crippen molar-refractivity contribution in [2.45, 2.75) is 44.0 Å². The lowest BCUT2D eigenvalue weighted by atomic mass is 10.2. The molecule has 0 aromatic heterocycles. The molecule has 0 aliphatic carbocycles. The van der Waals surface area contributed by atoms with Crippen LogP contribution in [0.4, 0.5) is 0 Å². The molecule has 5 heteroatoms. The monoisotopic (exact) mass is 371 g/mol. The molecule has 1 amide bonds. The predicted molar refractivity (Wildman–Crippen MR) is 104 cm³/mol. The van der Waals surface area contributed by atoms with Gasteiger partial charge < -0.3 is 0 Å². The van der Waals surface area contributed by atoms with Gasteiger partial charge in [0.1, 0.15) is 0 Å². The zero-order valence-corrected chi connectivity index (χ0v) is 15.9. The summed E-state index contributed by atoms with van der Waals surface area (Å²) in [6.45, 7) is 2.12. The molecule has 0 saturated heterocycles. The van der Waals surface area contributed by atoms with Gasteiger partial charge in [-0.15, -0.1) is 0 Å². The third kappa shape index (κ3) is 5.56. The van der Waals surface area contributed by atoms with Gasteiger partial charge in [-0.05, 0) is 30.5 Å². The van der Waals surface area contributed by atoms with Crippen LogP contribution in [0.3, 0.4) is 0 Å². The van der Waals surface area contributed by atoms with Gasteiger partial charge in [-0.2, -0.15) is 0 Å². The van der Waals surface area contributed by atoms with E-state index in [9.17, 15) is 13.2 Å².